The number of allylic oxidation sites excluding steroid dienone is 3. The van der Waals surface area contributed by atoms with Crippen LogP contribution in [0.3, 0.4) is 0 Å². The van der Waals surface area contributed by atoms with Crippen molar-refractivity contribution in [3.8, 4) is 0 Å². The summed E-state index contributed by atoms with van der Waals surface area (Å²) in [4.78, 5) is 0. The number of nitrogens with one attached hydrogen (secondary N) is 1. The van der Waals surface area contributed by atoms with Gasteiger partial charge in [0.05, 0.1) is 0 Å². The summed E-state index contributed by atoms with van der Waals surface area (Å²) in [7, 11) is 0. The molecule has 0 aromatic rings. The molecule has 0 rings (SSSR count). The van der Waals surface area contributed by atoms with Crippen LogP contribution in [0.1, 0.15) is 27.2 Å². The maximum Gasteiger partial charge on any atom is 0.0293 e. The second kappa shape index (κ2) is 6.40. The molecule has 1 N–H and O–H groups in total. The lowest BCUT2D eigenvalue weighted by Crippen LogP contribution is -2.11. The molecule has 0 aliphatic rings. The molecule has 0 fully saturated rings. The van der Waals surface area contributed by atoms with E-state index in [-0.39, 0.29) is 0 Å². The number of hydrogen-bond donors (Lipinski definition) is 1. The fraction of sp³-hybridized carbons (Fsp3) is 0.556. The van der Waals surface area contributed by atoms with Crippen molar-refractivity contribution in [1.82, 2.24) is 5.32 Å². The maximum atomic E-state index is 3.29. The zero-order valence-electron chi connectivity index (χ0n) is 7.15. The Morgan fingerprint density at radius 2 is 2.10 bits per heavy atom. The SMILES string of the molecule is C/C=C\C(=C/C)NCCC. The third-order valence-electron chi connectivity index (χ3n) is 1.24. The van der Waals surface area contributed by atoms with Gasteiger partial charge in [0.15, 0.2) is 0 Å². The summed E-state index contributed by atoms with van der Waals surface area (Å²) in [5.41, 5.74) is 1.21. The lowest BCUT2D eigenvalue weighted by Gasteiger charge is -2.03. The molecule has 0 spiro atoms. The molecule has 0 radical (unpaired) electrons. The van der Waals surface area contributed by atoms with Gasteiger partial charge in [-0.05, 0) is 26.3 Å². The van der Waals surface area contributed by atoms with Crippen LogP contribution in [0.5, 0.6) is 0 Å². The minimum atomic E-state index is 1.06. The first kappa shape index (κ1) is 9.28. The molecule has 0 aromatic carbocycles. The van der Waals surface area contributed by atoms with Crippen molar-refractivity contribution < 1.29 is 0 Å². The van der Waals surface area contributed by atoms with Crippen molar-refractivity contribution in [1.29, 1.82) is 0 Å². The van der Waals surface area contributed by atoms with Gasteiger partial charge in [0.1, 0.15) is 0 Å². The van der Waals surface area contributed by atoms with Gasteiger partial charge in [-0.2, -0.15) is 0 Å². The normalized spacial score (nSPS) is 12.5. The van der Waals surface area contributed by atoms with E-state index in [1.807, 2.05) is 19.9 Å². The number of hydrogen-bond acceptors (Lipinski definition) is 1. The highest BCUT2D eigenvalue weighted by Crippen LogP contribution is 1.90. The minimum Gasteiger partial charge on any atom is -0.385 e. The summed E-state index contributed by atoms with van der Waals surface area (Å²) in [5, 5.41) is 3.29. The van der Waals surface area contributed by atoms with E-state index in [4.69, 9.17) is 0 Å². The quantitative estimate of drug-likeness (QED) is 0.590. The molecule has 0 heterocycles. The van der Waals surface area contributed by atoms with Gasteiger partial charge in [-0.1, -0.05) is 19.1 Å². The predicted octanol–water partition coefficient (Wildman–Crippen LogP) is 2.47. The zero-order chi connectivity index (χ0) is 7.82. The Morgan fingerprint density at radius 3 is 2.50 bits per heavy atom. The zero-order valence-corrected chi connectivity index (χ0v) is 7.15. The van der Waals surface area contributed by atoms with Gasteiger partial charge in [0, 0.05) is 12.2 Å². The molecule has 0 aliphatic heterocycles. The maximum absolute atomic E-state index is 3.29. The topological polar surface area (TPSA) is 12.0 Å². The molecular weight excluding hydrogens is 122 g/mol. The molecule has 0 aliphatic carbocycles. The Hall–Kier alpha value is -0.720. The van der Waals surface area contributed by atoms with E-state index in [1.54, 1.807) is 0 Å². The van der Waals surface area contributed by atoms with Gasteiger partial charge in [0.25, 0.3) is 0 Å². The van der Waals surface area contributed by atoms with E-state index in [2.05, 4.69) is 24.4 Å². The Kier molecular flexibility index (Phi) is 5.94. The van der Waals surface area contributed by atoms with Crippen LogP contribution >= 0.6 is 0 Å². The van der Waals surface area contributed by atoms with E-state index >= 15 is 0 Å². The Morgan fingerprint density at radius 1 is 1.40 bits per heavy atom. The Labute approximate surface area is 63.8 Å². The van der Waals surface area contributed by atoms with Crippen LogP contribution in [0.25, 0.3) is 0 Å². The smallest absolute Gasteiger partial charge is 0.0293 e. The monoisotopic (exact) mass is 139 g/mol. The second-order valence-corrected chi connectivity index (χ2v) is 2.17. The van der Waals surface area contributed by atoms with Crippen molar-refractivity contribution in [3.05, 3.63) is 23.9 Å². The molecule has 0 saturated carbocycles. The molecule has 0 bridgehead atoms. The predicted molar refractivity (Wildman–Crippen MR) is 46.9 cm³/mol. The first-order chi connectivity index (χ1) is 4.85. The molecule has 0 unspecified atom stereocenters. The average Bonchev–Trinajstić information content (AvgIpc) is 1.98. The molecule has 0 amide bonds. The molecule has 58 valence electrons. The van der Waals surface area contributed by atoms with Crippen molar-refractivity contribution in [2.75, 3.05) is 6.54 Å². The van der Waals surface area contributed by atoms with Gasteiger partial charge < -0.3 is 5.32 Å². The highest BCUT2D eigenvalue weighted by atomic mass is 14.9. The Balaban J connectivity index is 3.62. The molecule has 0 saturated heterocycles. The van der Waals surface area contributed by atoms with Gasteiger partial charge in [-0.25, -0.2) is 0 Å². The summed E-state index contributed by atoms with van der Waals surface area (Å²) < 4.78 is 0. The van der Waals surface area contributed by atoms with Crippen LogP contribution in [-0.2, 0) is 0 Å². The van der Waals surface area contributed by atoms with Crippen LogP contribution in [-0.4, -0.2) is 6.54 Å². The van der Waals surface area contributed by atoms with Gasteiger partial charge in [-0.15, -0.1) is 0 Å². The van der Waals surface area contributed by atoms with Crippen LogP contribution < -0.4 is 5.32 Å². The van der Waals surface area contributed by atoms with Crippen molar-refractivity contribution in [3.63, 3.8) is 0 Å². The van der Waals surface area contributed by atoms with E-state index in [0.29, 0.717) is 0 Å². The lowest BCUT2D eigenvalue weighted by molar-refractivity contribution is 0.783. The minimum absolute atomic E-state index is 1.06. The molecule has 0 atom stereocenters. The molecular formula is C9H17N. The number of rotatable bonds is 4. The summed E-state index contributed by atoms with van der Waals surface area (Å²) >= 11 is 0. The third kappa shape index (κ3) is 4.19. The van der Waals surface area contributed by atoms with Crippen LogP contribution in [0.4, 0.5) is 0 Å². The summed E-state index contributed by atoms with van der Waals surface area (Å²) in [6.07, 6.45) is 7.37. The highest BCUT2D eigenvalue weighted by molar-refractivity contribution is 5.14. The Bertz CT molecular complexity index is 123. The lowest BCUT2D eigenvalue weighted by atomic mass is 10.3. The van der Waals surface area contributed by atoms with Crippen molar-refractivity contribution in [2.45, 2.75) is 27.2 Å². The second-order valence-electron chi connectivity index (χ2n) is 2.17. The first-order valence-corrected chi connectivity index (χ1v) is 3.88. The molecule has 10 heavy (non-hydrogen) atoms. The largest absolute Gasteiger partial charge is 0.385 e. The third-order valence-corrected chi connectivity index (χ3v) is 1.24. The van der Waals surface area contributed by atoms with E-state index < -0.39 is 0 Å². The van der Waals surface area contributed by atoms with Crippen LogP contribution in [0, 0.1) is 0 Å². The first-order valence-electron chi connectivity index (χ1n) is 3.88. The highest BCUT2D eigenvalue weighted by Gasteiger charge is 1.84. The van der Waals surface area contributed by atoms with E-state index in [9.17, 15) is 0 Å². The summed E-state index contributed by atoms with van der Waals surface area (Å²) in [6, 6.07) is 0. The molecule has 1 heteroatoms. The summed E-state index contributed by atoms with van der Waals surface area (Å²) in [5.74, 6) is 0. The molecule has 1 nitrogen and oxygen atoms in total. The molecule has 0 aromatic heterocycles. The standard InChI is InChI=1S/C9H17N/c1-4-7-9(6-3)10-8-5-2/h4,6-7,10H,5,8H2,1-3H3/b7-4-,9-6+. The van der Waals surface area contributed by atoms with E-state index in [0.717, 1.165) is 6.54 Å². The van der Waals surface area contributed by atoms with Gasteiger partial charge in [0.2, 0.25) is 0 Å². The van der Waals surface area contributed by atoms with Crippen molar-refractivity contribution in [2.24, 2.45) is 0 Å². The average molecular weight is 139 g/mol. The van der Waals surface area contributed by atoms with Crippen LogP contribution in [0.15, 0.2) is 23.9 Å². The van der Waals surface area contributed by atoms with Gasteiger partial charge >= 0.3 is 0 Å². The van der Waals surface area contributed by atoms with E-state index in [1.165, 1.54) is 12.1 Å². The van der Waals surface area contributed by atoms with Crippen molar-refractivity contribution >= 4 is 0 Å². The van der Waals surface area contributed by atoms with Gasteiger partial charge in [-0.3, -0.25) is 0 Å². The fourth-order valence-electron chi connectivity index (χ4n) is 0.706. The van der Waals surface area contributed by atoms with Crippen LogP contribution in [0.2, 0.25) is 0 Å². The summed E-state index contributed by atoms with van der Waals surface area (Å²) in [6.45, 7) is 7.29. The fourth-order valence-corrected chi connectivity index (χ4v) is 0.706.